The molecular weight excluding hydrogens is 352 g/mol. The highest BCUT2D eigenvalue weighted by atomic mass is 16.7. The maximum atomic E-state index is 12.5. The Hall–Kier alpha value is -3.10. The van der Waals surface area contributed by atoms with Gasteiger partial charge in [-0.3, -0.25) is 9.59 Å². The minimum Gasteiger partial charge on any atom is -0.343 e. The van der Waals surface area contributed by atoms with Crippen molar-refractivity contribution in [3.63, 3.8) is 0 Å². The van der Waals surface area contributed by atoms with Crippen molar-refractivity contribution in [2.75, 3.05) is 7.05 Å². The van der Waals surface area contributed by atoms with E-state index in [0.29, 0.717) is 6.42 Å². The first kappa shape index (κ1) is 21.9. The SMILES string of the molecule is CCCCC(NC(=O)ONC(=O)NC)C(=O)C(=O)N[C@H](C)c1ccccc1. The number of Topliss-reactive ketones (excluding diaryl/α,β-unsaturated/α-hetero) is 1. The predicted octanol–water partition coefficient (Wildman–Crippen LogP) is 1.56. The Morgan fingerprint density at radius 2 is 1.74 bits per heavy atom. The standard InChI is InChI=1S/C18H26N4O5/c1-4-5-11-14(21-18(26)27-22-17(25)19-3)15(23)16(24)20-12(2)13-9-7-6-8-10-13/h6-10,12,14H,4-5,11H2,1-3H3,(H,20,24)(H,21,26)(H2,19,22,25)/t12-,14?/m1/s1. The van der Waals surface area contributed by atoms with Crippen molar-refractivity contribution in [2.24, 2.45) is 0 Å². The second-order valence-corrected chi connectivity index (χ2v) is 5.88. The van der Waals surface area contributed by atoms with E-state index in [9.17, 15) is 19.2 Å². The molecule has 0 aliphatic heterocycles. The molecule has 148 valence electrons. The second kappa shape index (κ2) is 11.5. The van der Waals surface area contributed by atoms with Gasteiger partial charge in [-0.15, -0.1) is 0 Å². The number of ketones is 1. The first-order valence-corrected chi connectivity index (χ1v) is 8.73. The van der Waals surface area contributed by atoms with Gasteiger partial charge >= 0.3 is 12.1 Å². The summed E-state index contributed by atoms with van der Waals surface area (Å²) in [4.78, 5) is 52.0. The van der Waals surface area contributed by atoms with Crippen LogP contribution in [0.1, 0.15) is 44.7 Å². The summed E-state index contributed by atoms with van der Waals surface area (Å²) in [6.07, 6.45) is 0.648. The van der Waals surface area contributed by atoms with Crippen LogP contribution in [0, 0.1) is 0 Å². The molecule has 9 nitrogen and oxygen atoms in total. The fourth-order valence-corrected chi connectivity index (χ4v) is 2.24. The zero-order valence-corrected chi connectivity index (χ0v) is 15.7. The number of hydrogen-bond acceptors (Lipinski definition) is 5. The Kier molecular flexibility index (Phi) is 9.35. The van der Waals surface area contributed by atoms with Gasteiger partial charge in [-0.1, -0.05) is 50.1 Å². The fraction of sp³-hybridized carbons (Fsp3) is 0.444. The van der Waals surface area contributed by atoms with Crippen LogP contribution in [0.3, 0.4) is 0 Å². The summed E-state index contributed by atoms with van der Waals surface area (Å²) in [5.74, 6) is -1.57. The summed E-state index contributed by atoms with van der Waals surface area (Å²) >= 11 is 0. The van der Waals surface area contributed by atoms with E-state index in [2.05, 4.69) is 20.8 Å². The highest BCUT2D eigenvalue weighted by Gasteiger charge is 2.28. The zero-order chi connectivity index (χ0) is 20.2. The maximum Gasteiger partial charge on any atom is 0.432 e. The molecule has 0 spiro atoms. The van der Waals surface area contributed by atoms with Gasteiger partial charge in [0, 0.05) is 7.05 Å². The molecule has 9 heteroatoms. The van der Waals surface area contributed by atoms with Crippen molar-refractivity contribution < 1.29 is 24.0 Å². The van der Waals surface area contributed by atoms with Crippen LogP contribution < -0.4 is 21.4 Å². The van der Waals surface area contributed by atoms with Crippen molar-refractivity contribution in [1.29, 1.82) is 0 Å². The van der Waals surface area contributed by atoms with Crippen LogP contribution in [0.2, 0.25) is 0 Å². The highest BCUT2D eigenvalue weighted by Crippen LogP contribution is 2.11. The van der Waals surface area contributed by atoms with E-state index in [1.165, 1.54) is 7.05 Å². The van der Waals surface area contributed by atoms with Gasteiger partial charge in [-0.05, 0) is 18.9 Å². The van der Waals surface area contributed by atoms with Crippen molar-refractivity contribution in [3.8, 4) is 0 Å². The van der Waals surface area contributed by atoms with Gasteiger partial charge < -0.3 is 20.8 Å². The lowest BCUT2D eigenvalue weighted by Crippen LogP contribution is -2.49. The first-order valence-electron chi connectivity index (χ1n) is 8.73. The van der Waals surface area contributed by atoms with E-state index in [0.717, 1.165) is 12.0 Å². The normalized spacial score (nSPS) is 12.3. The summed E-state index contributed by atoms with van der Waals surface area (Å²) in [6, 6.07) is 7.06. The van der Waals surface area contributed by atoms with E-state index in [1.807, 2.05) is 42.7 Å². The number of carbonyl (C=O) groups is 4. The number of nitrogens with one attached hydrogen (secondary N) is 4. The van der Waals surface area contributed by atoms with Gasteiger partial charge in [0.05, 0.1) is 6.04 Å². The van der Waals surface area contributed by atoms with Crippen LogP contribution in [-0.4, -0.2) is 36.9 Å². The highest BCUT2D eigenvalue weighted by molar-refractivity contribution is 6.38. The largest absolute Gasteiger partial charge is 0.432 e. The van der Waals surface area contributed by atoms with E-state index in [-0.39, 0.29) is 12.5 Å². The summed E-state index contributed by atoms with van der Waals surface area (Å²) in [6.45, 7) is 3.68. The van der Waals surface area contributed by atoms with Crippen molar-refractivity contribution >= 4 is 23.8 Å². The molecule has 0 saturated carbocycles. The topological polar surface area (TPSA) is 126 Å². The first-order chi connectivity index (χ1) is 12.9. The molecular formula is C18H26N4O5. The van der Waals surface area contributed by atoms with Crippen molar-refractivity contribution in [3.05, 3.63) is 35.9 Å². The quantitative estimate of drug-likeness (QED) is 0.403. The molecule has 1 aromatic carbocycles. The Labute approximate surface area is 158 Å². The fourth-order valence-electron chi connectivity index (χ4n) is 2.24. The molecule has 1 unspecified atom stereocenters. The molecule has 0 aliphatic carbocycles. The van der Waals surface area contributed by atoms with E-state index in [4.69, 9.17) is 0 Å². The van der Waals surface area contributed by atoms with Gasteiger partial charge in [-0.2, -0.15) is 5.48 Å². The molecule has 27 heavy (non-hydrogen) atoms. The summed E-state index contributed by atoms with van der Waals surface area (Å²) in [5, 5.41) is 7.14. The number of hydrogen-bond donors (Lipinski definition) is 4. The molecule has 0 radical (unpaired) electrons. The summed E-state index contributed by atoms with van der Waals surface area (Å²) < 4.78 is 0. The third-order valence-corrected chi connectivity index (χ3v) is 3.79. The lowest BCUT2D eigenvalue weighted by molar-refractivity contribution is -0.139. The molecule has 0 aromatic heterocycles. The summed E-state index contributed by atoms with van der Waals surface area (Å²) in [5.41, 5.74) is 2.69. The van der Waals surface area contributed by atoms with Gasteiger partial charge in [0.2, 0.25) is 5.78 Å². The van der Waals surface area contributed by atoms with Crippen LogP contribution in [0.5, 0.6) is 0 Å². The number of benzene rings is 1. The minimum absolute atomic E-state index is 0.275. The molecule has 4 amide bonds. The van der Waals surface area contributed by atoms with E-state index in [1.54, 1.807) is 6.92 Å². The van der Waals surface area contributed by atoms with E-state index < -0.39 is 29.9 Å². The molecule has 4 N–H and O–H groups in total. The molecule has 0 bridgehead atoms. The van der Waals surface area contributed by atoms with Gasteiger partial charge in [-0.25, -0.2) is 9.59 Å². The molecule has 0 saturated heterocycles. The monoisotopic (exact) mass is 378 g/mol. The number of urea groups is 1. The van der Waals surface area contributed by atoms with Crippen LogP contribution >= 0.6 is 0 Å². The Morgan fingerprint density at radius 1 is 1.07 bits per heavy atom. The Bertz CT molecular complexity index is 650. The number of unbranched alkanes of at least 4 members (excludes halogenated alkanes) is 1. The van der Waals surface area contributed by atoms with Crippen LogP contribution in [0.4, 0.5) is 9.59 Å². The molecule has 2 atom stereocenters. The Balaban J connectivity index is 2.68. The molecule has 0 heterocycles. The second-order valence-electron chi connectivity index (χ2n) is 5.88. The van der Waals surface area contributed by atoms with E-state index >= 15 is 0 Å². The number of amides is 4. The van der Waals surface area contributed by atoms with Crippen LogP contribution in [0.25, 0.3) is 0 Å². The molecule has 1 rings (SSSR count). The van der Waals surface area contributed by atoms with Crippen molar-refractivity contribution in [2.45, 2.75) is 45.2 Å². The zero-order valence-electron chi connectivity index (χ0n) is 15.7. The number of hydroxylamine groups is 1. The van der Waals surface area contributed by atoms with Crippen LogP contribution in [0.15, 0.2) is 30.3 Å². The smallest absolute Gasteiger partial charge is 0.343 e. The lowest BCUT2D eigenvalue weighted by atomic mass is 10.0. The Morgan fingerprint density at radius 3 is 2.33 bits per heavy atom. The predicted molar refractivity (Wildman–Crippen MR) is 98.5 cm³/mol. The average Bonchev–Trinajstić information content (AvgIpc) is 2.69. The average molecular weight is 378 g/mol. The van der Waals surface area contributed by atoms with Crippen LogP contribution in [-0.2, 0) is 14.4 Å². The third kappa shape index (κ3) is 7.76. The van der Waals surface area contributed by atoms with Gasteiger partial charge in [0.1, 0.15) is 6.04 Å². The lowest BCUT2D eigenvalue weighted by Gasteiger charge is -2.19. The molecule has 0 aliphatic rings. The summed E-state index contributed by atoms with van der Waals surface area (Å²) in [7, 11) is 1.35. The number of rotatable bonds is 8. The maximum absolute atomic E-state index is 12.5. The minimum atomic E-state index is -1.05. The molecule has 1 aromatic rings. The van der Waals surface area contributed by atoms with Crippen molar-refractivity contribution in [1.82, 2.24) is 21.4 Å². The number of carbonyl (C=O) groups excluding carboxylic acids is 4. The van der Waals surface area contributed by atoms with Gasteiger partial charge in [0.25, 0.3) is 5.91 Å². The third-order valence-electron chi connectivity index (χ3n) is 3.79. The molecule has 0 fully saturated rings. The van der Waals surface area contributed by atoms with Gasteiger partial charge in [0.15, 0.2) is 0 Å².